The largest absolute Gasteiger partial charge is 0.0884 e. The van der Waals surface area contributed by atoms with Gasteiger partial charge in [-0.2, -0.15) is 0 Å². The van der Waals surface area contributed by atoms with E-state index in [4.69, 9.17) is 23.2 Å². The molecular weight excluding hydrogens is 307 g/mol. The number of benzene rings is 1. The maximum absolute atomic E-state index is 5.99. The molecule has 3 heteroatoms. The monoisotopic (exact) mass is 322 g/mol. The molecule has 0 aliphatic carbocycles. The highest BCUT2D eigenvalue weighted by Gasteiger charge is 2.17. The molecule has 0 heterocycles. The number of halogens is 3. The van der Waals surface area contributed by atoms with Crippen LogP contribution in [0.5, 0.6) is 0 Å². The van der Waals surface area contributed by atoms with Crippen LogP contribution < -0.4 is 0 Å². The van der Waals surface area contributed by atoms with Gasteiger partial charge in [0.1, 0.15) is 0 Å². The average molecular weight is 324 g/mol. The first kappa shape index (κ1) is 14.3. The third kappa shape index (κ3) is 3.94. The molecular formula is C13H17BrCl2. The molecule has 2 atom stereocenters. The van der Waals surface area contributed by atoms with Crippen LogP contribution >= 0.6 is 39.1 Å². The zero-order valence-corrected chi connectivity index (χ0v) is 12.9. The summed E-state index contributed by atoms with van der Waals surface area (Å²) in [7, 11) is 0. The van der Waals surface area contributed by atoms with Gasteiger partial charge in [-0.05, 0) is 36.0 Å². The molecule has 0 amide bonds. The van der Waals surface area contributed by atoms with Crippen LogP contribution in [0.15, 0.2) is 18.2 Å². The zero-order chi connectivity index (χ0) is 12.3. The first-order valence-electron chi connectivity index (χ1n) is 5.49. The Morgan fingerprint density at radius 2 is 1.75 bits per heavy atom. The van der Waals surface area contributed by atoms with E-state index in [9.17, 15) is 0 Å². The predicted octanol–water partition coefficient (Wildman–Crippen LogP) is 5.59. The maximum atomic E-state index is 5.99. The first-order chi connectivity index (χ1) is 7.41. The van der Waals surface area contributed by atoms with Crippen molar-refractivity contribution in [2.75, 3.05) is 0 Å². The van der Waals surface area contributed by atoms with Gasteiger partial charge in [0.25, 0.3) is 0 Å². The van der Waals surface area contributed by atoms with Crippen molar-refractivity contribution in [1.29, 1.82) is 0 Å². The Morgan fingerprint density at radius 1 is 1.12 bits per heavy atom. The summed E-state index contributed by atoms with van der Waals surface area (Å²) in [6, 6.07) is 5.85. The number of hydrogen-bond acceptors (Lipinski definition) is 0. The molecule has 2 unspecified atom stereocenters. The van der Waals surface area contributed by atoms with Crippen LogP contribution in [-0.4, -0.2) is 4.83 Å². The van der Waals surface area contributed by atoms with Gasteiger partial charge in [-0.25, -0.2) is 0 Å². The first-order valence-corrected chi connectivity index (χ1v) is 7.17. The summed E-state index contributed by atoms with van der Waals surface area (Å²) in [5.41, 5.74) is 1.23. The van der Waals surface area contributed by atoms with Gasteiger partial charge in [-0.3, -0.25) is 0 Å². The van der Waals surface area contributed by atoms with Crippen LogP contribution in [-0.2, 0) is 6.42 Å². The molecule has 0 aliphatic rings. The third-order valence-corrected chi connectivity index (χ3v) is 4.93. The zero-order valence-electron chi connectivity index (χ0n) is 9.81. The van der Waals surface area contributed by atoms with Gasteiger partial charge in [-0.1, -0.05) is 66.0 Å². The highest BCUT2D eigenvalue weighted by molar-refractivity contribution is 9.09. The fourth-order valence-electron chi connectivity index (χ4n) is 1.50. The molecule has 0 fully saturated rings. The topological polar surface area (TPSA) is 0 Å². The van der Waals surface area contributed by atoms with Crippen molar-refractivity contribution in [3.63, 3.8) is 0 Å². The molecule has 1 aromatic carbocycles. The van der Waals surface area contributed by atoms with E-state index in [2.05, 4.69) is 36.7 Å². The standard InChI is InChI=1S/C13H17BrCl2/c1-8(2)9(3)11(14)6-10-4-5-12(15)13(16)7-10/h4-5,7-9,11H,6H2,1-3H3. The lowest BCUT2D eigenvalue weighted by atomic mass is 9.91. The van der Waals surface area contributed by atoms with Crippen molar-refractivity contribution in [3.05, 3.63) is 33.8 Å². The van der Waals surface area contributed by atoms with Gasteiger partial charge in [0.2, 0.25) is 0 Å². The summed E-state index contributed by atoms with van der Waals surface area (Å²) in [5, 5.41) is 1.25. The molecule has 0 aromatic heterocycles. The van der Waals surface area contributed by atoms with Crippen LogP contribution in [0.25, 0.3) is 0 Å². The van der Waals surface area contributed by atoms with Crippen molar-refractivity contribution < 1.29 is 0 Å². The van der Waals surface area contributed by atoms with Crippen LogP contribution in [0.3, 0.4) is 0 Å². The van der Waals surface area contributed by atoms with Crippen molar-refractivity contribution in [3.8, 4) is 0 Å². The molecule has 0 N–H and O–H groups in total. The summed E-state index contributed by atoms with van der Waals surface area (Å²) in [6.45, 7) is 6.75. The minimum absolute atomic E-state index is 0.477. The Morgan fingerprint density at radius 3 is 2.25 bits per heavy atom. The molecule has 0 radical (unpaired) electrons. The molecule has 0 aliphatic heterocycles. The molecule has 0 nitrogen and oxygen atoms in total. The summed E-state index contributed by atoms with van der Waals surface area (Å²) >= 11 is 15.6. The molecule has 0 spiro atoms. The van der Waals surface area contributed by atoms with Crippen molar-refractivity contribution in [2.45, 2.75) is 32.0 Å². The Kier molecular flexibility index (Phi) is 5.63. The van der Waals surface area contributed by atoms with E-state index in [1.807, 2.05) is 18.2 Å². The fourth-order valence-corrected chi connectivity index (χ4v) is 2.80. The van der Waals surface area contributed by atoms with Gasteiger partial charge in [0.05, 0.1) is 10.0 Å². The normalized spacial score (nSPS) is 15.2. The Bertz CT molecular complexity index is 350. The highest BCUT2D eigenvalue weighted by atomic mass is 79.9. The second-order valence-corrected chi connectivity index (χ2v) is 6.56. The number of hydrogen-bond donors (Lipinski definition) is 0. The molecule has 0 bridgehead atoms. The van der Waals surface area contributed by atoms with Gasteiger partial charge in [-0.15, -0.1) is 0 Å². The van der Waals surface area contributed by atoms with E-state index >= 15 is 0 Å². The number of alkyl halides is 1. The second kappa shape index (κ2) is 6.28. The summed E-state index contributed by atoms with van der Waals surface area (Å²) in [6.07, 6.45) is 0.982. The fraction of sp³-hybridized carbons (Fsp3) is 0.538. The van der Waals surface area contributed by atoms with Crippen LogP contribution in [0.1, 0.15) is 26.3 Å². The van der Waals surface area contributed by atoms with Crippen molar-refractivity contribution in [1.82, 2.24) is 0 Å². The summed E-state index contributed by atoms with van der Waals surface area (Å²) < 4.78 is 0. The van der Waals surface area contributed by atoms with Crippen molar-refractivity contribution >= 4 is 39.1 Å². The Hall–Kier alpha value is 0.280. The van der Waals surface area contributed by atoms with Gasteiger partial charge >= 0.3 is 0 Å². The lowest BCUT2D eigenvalue weighted by Crippen LogP contribution is -2.19. The molecule has 16 heavy (non-hydrogen) atoms. The van der Waals surface area contributed by atoms with E-state index < -0.39 is 0 Å². The quantitative estimate of drug-likeness (QED) is 0.633. The van der Waals surface area contributed by atoms with Gasteiger partial charge < -0.3 is 0 Å². The maximum Gasteiger partial charge on any atom is 0.0595 e. The van der Waals surface area contributed by atoms with Gasteiger partial charge in [0.15, 0.2) is 0 Å². The van der Waals surface area contributed by atoms with Crippen LogP contribution in [0.4, 0.5) is 0 Å². The van der Waals surface area contributed by atoms with E-state index in [1.165, 1.54) is 5.56 Å². The van der Waals surface area contributed by atoms with Crippen molar-refractivity contribution in [2.24, 2.45) is 11.8 Å². The van der Waals surface area contributed by atoms with Gasteiger partial charge in [0, 0.05) is 4.83 Å². The Balaban J connectivity index is 2.69. The number of rotatable bonds is 4. The average Bonchev–Trinajstić information content (AvgIpc) is 2.22. The minimum atomic E-state index is 0.477. The molecule has 0 saturated carbocycles. The van der Waals surface area contributed by atoms with E-state index in [1.54, 1.807) is 0 Å². The predicted molar refractivity (Wildman–Crippen MR) is 76.9 cm³/mol. The summed E-state index contributed by atoms with van der Waals surface area (Å²) in [4.78, 5) is 0.477. The summed E-state index contributed by atoms with van der Waals surface area (Å²) in [5.74, 6) is 1.31. The van der Waals surface area contributed by atoms with E-state index in [0.29, 0.717) is 26.7 Å². The van der Waals surface area contributed by atoms with E-state index in [0.717, 1.165) is 6.42 Å². The van der Waals surface area contributed by atoms with Crippen LogP contribution in [0, 0.1) is 11.8 Å². The second-order valence-electron chi connectivity index (χ2n) is 4.57. The molecule has 1 rings (SSSR count). The smallest absolute Gasteiger partial charge is 0.0595 e. The SMILES string of the molecule is CC(C)C(C)C(Br)Cc1ccc(Cl)c(Cl)c1. The highest BCUT2D eigenvalue weighted by Crippen LogP contribution is 2.27. The lowest BCUT2D eigenvalue weighted by Gasteiger charge is -2.22. The minimum Gasteiger partial charge on any atom is -0.0884 e. The Labute approximate surface area is 116 Å². The molecule has 90 valence electrons. The molecule has 0 saturated heterocycles. The lowest BCUT2D eigenvalue weighted by molar-refractivity contribution is 0.407. The van der Waals surface area contributed by atoms with E-state index in [-0.39, 0.29) is 0 Å². The van der Waals surface area contributed by atoms with Crippen LogP contribution in [0.2, 0.25) is 10.0 Å². The third-order valence-electron chi connectivity index (χ3n) is 3.04. The molecule has 1 aromatic rings.